The number of hydrogen-bond donors (Lipinski definition) is 3. The highest BCUT2D eigenvalue weighted by molar-refractivity contribution is 5.77. The summed E-state index contributed by atoms with van der Waals surface area (Å²) in [4.78, 5) is 14.5. The van der Waals surface area contributed by atoms with E-state index in [0.717, 1.165) is 38.6 Å². The van der Waals surface area contributed by atoms with Crippen molar-refractivity contribution in [3.8, 4) is 0 Å². The van der Waals surface area contributed by atoms with E-state index < -0.39 is 17.8 Å². The van der Waals surface area contributed by atoms with Crippen molar-refractivity contribution in [2.24, 2.45) is 50.7 Å². The Labute approximate surface area is 288 Å². The average Bonchev–Trinajstić information content (AvgIpc) is 3.41. The topological polar surface area (TPSA) is 118 Å². The fourth-order valence-corrected chi connectivity index (χ4v) is 13.9. The molecule has 2 spiro atoms. The summed E-state index contributed by atoms with van der Waals surface area (Å²) in [6, 6.07) is -0.170. The maximum absolute atomic E-state index is 12.3. The predicted octanol–water partition coefficient (Wildman–Crippen LogP) is 4.93. The van der Waals surface area contributed by atoms with E-state index in [1.165, 1.54) is 25.7 Å². The van der Waals surface area contributed by atoms with Gasteiger partial charge in [0.2, 0.25) is 0 Å². The van der Waals surface area contributed by atoms with Gasteiger partial charge < -0.3 is 34.3 Å². The van der Waals surface area contributed by atoms with Crippen molar-refractivity contribution < 1.29 is 39.1 Å². The molecule has 5 aliphatic carbocycles. The van der Waals surface area contributed by atoms with Crippen LogP contribution < -0.4 is 0 Å². The van der Waals surface area contributed by atoms with Crippen molar-refractivity contribution in [2.45, 2.75) is 155 Å². The van der Waals surface area contributed by atoms with Gasteiger partial charge in [0.05, 0.1) is 43.7 Å². The first-order chi connectivity index (χ1) is 22.5. The van der Waals surface area contributed by atoms with Crippen molar-refractivity contribution in [1.29, 1.82) is 0 Å². The molecule has 7 aliphatic rings. The van der Waals surface area contributed by atoms with E-state index in [1.807, 2.05) is 0 Å². The Bertz CT molecular complexity index is 1240. The van der Waals surface area contributed by atoms with Crippen LogP contribution in [-0.4, -0.2) is 102 Å². The maximum atomic E-state index is 12.3. The smallest absolute Gasteiger partial charge is 0.323 e. The van der Waals surface area contributed by atoms with Gasteiger partial charge in [-0.05, 0) is 117 Å². The second kappa shape index (κ2) is 11.9. The normalized spacial score (nSPS) is 48.8. The highest BCUT2D eigenvalue weighted by Gasteiger charge is 2.83. The van der Waals surface area contributed by atoms with Gasteiger partial charge >= 0.3 is 5.97 Å². The van der Waals surface area contributed by atoms with Crippen LogP contribution in [0.25, 0.3) is 0 Å². The molecule has 2 aliphatic heterocycles. The molecule has 9 nitrogen and oxygen atoms in total. The molecule has 5 saturated carbocycles. The van der Waals surface area contributed by atoms with E-state index in [9.17, 15) is 20.1 Å². The largest absolute Gasteiger partial charge is 0.464 e. The summed E-state index contributed by atoms with van der Waals surface area (Å²) in [5, 5.41) is 33.6. The van der Waals surface area contributed by atoms with Crippen molar-refractivity contribution >= 4 is 5.97 Å². The molecule has 7 fully saturated rings. The summed E-state index contributed by atoms with van der Waals surface area (Å²) in [5.74, 6) is 1.55. The molecule has 3 N–H and O–H groups in total. The van der Waals surface area contributed by atoms with Crippen LogP contribution in [0.5, 0.6) is 0 Å². The monoisotopic (exact) mass is 675 g/mol. The van der Waals surface area contributed by atoms with Gasteiger partial charge in [-0.15, -0.1) is 0 Å². The SMILES string of the molecule is COC(C[C@@H](C)C1C[C@H](O)[C@@]2(C)C3CC[C@H]4C(C)(C)C(OC5CN([C@@H]6CCOC6=O)CCO5)CCC45CC35CCC12C)C(O)C(C)(C)O. The number of fused-ring (bicyclic) bond motifs is 2. The number of morpholine rings is 1. The summed E-state index contributed by atoms with van der Waals surface area (Å²) in [6.07, 6.45) is 8.42. The van der Waals surface area contributed by atoms with Crippen LogP contribution in [0.3, 0.4) is 0 Å². The minimum absolute atomic E-state index is 0.00209. The van der Waals surface area contributed by atoms with Crippen LogP contribution in [0, 0.1) is 50.7 Å². The number of ether oxygens (including phenoxy) is 4. The highest BCUT2D eigenvalue weighted by atomic mass is 16.7. The Kier molecular flexibility index (Phi) is 8.79. The number of hydrogen-bond acceptors (Lipinski definition) is 9. The maximum Gasteiger partial charge on any atom is 0.323 e. The number of aliphatic hydroxyl groups excluding tert-OH is 2. The molecule has 14 atom stereocenters. The number of esters is 1. The molecule has 9 heteroatoms. The Hall–Kier alpha value is -0.810. The van der Waals surface area contributed by atoms with Crippen LogP contribution in [0.4, 0.5) is 0 Å². The third-order valence-corrected chi connectivity index (χ3v) is 16.6. The lowest BCUT2D eigenvalue weighted by Crippen LogP contribution is -2.60. The van der Waals surface area contributed by atoms with Gasteiger partial charge in [0.25, 0.3) is 0 Å². The molecular weight excluding hydrogens is 610 g/mol. The van der Waals surface area contributed by atoms with Crippen molar-refractivity contribution in [3.05, 3.63) is 0 Å². The van der Waals surface area contributed by atoms with Gasteiger partial charge in [-0.2, -0.15) is 0 Å². The molecule has 9 unspecified atom stereocenters. The lowest BCUT2D eigenvalue weighted by Gasteiger charge is -2.64. The van der Waals surface area contributed by atoms with Gasteiger partial charge in [0.1, 0.15) is 12.1 Å². The zero-order valence-corrected chi connectivity index (χ0v) is 31.0. The molecule has 0 aromatic rings. The van der Waals surface area contributed by atoms with E-state index in [2.05, 4.69) is 39.5 Å². The third kappa shape index (κ3) is 4.97. The highest BCUT2D eigenvalue weighted by Crippen LogP contribution is 2.89. The van der Waals surface area contributed by atoms with Crippen LogP contribution in [0.1, 0.15) is 113 Å². The van der Waals surface area contributed by atoms with E-state index >= 15 is 0 Å². The summed E-state index contributed by atoms with van der Waals surface area (Å²) < 4.78 is 24.0. The van der Waals surface area contributed by atoms with Gasteiger partial charge in [0, 0.05) is 25.5 Å². The zero-order valence-electron chi connectivity index (χ0n) is 31.0. The van der Waals surface area contributed by atoms with E-state index in [-0.39, 0.29) is 52.7 Å². The number of aliphatic hydroxyl groups is 3. The molecule has 2 saturated heterocycles. The molecule has 48 heavy (non-hydrogen) atoms. The van der Waals surface area contributed by atoms with Crippen LogP contribution in [-0.2, 0) is 23.7 Å². The number of carbonyl (C=O) groups is 1. The molecular formula is C39H65NO8. The number of carbonyl (C=O) groups excluding carboxylic acids is 1. The molecule has 0 aromatic heterocycles. The third-order valence-electron chi connectivity index (χ3n) is 16.6. The molecule has 0 radical (unpaired) electrons. The summed E-state index contributed by atoms with van der Waals surface area (Å²) in [5.41, 5.74) is -0.779. The van der Waals surface area contributed by atoms with Crippen molar-refractivity contribution in [1.82, 2.24) is 4.90 Å². The first kappa shape index (κ1) is 35.6. The van der Waals surface area contributed by atoms with Gasteiger partial charge in [-0.3, -0.25) is 9.69 Å². The first-order valence-corrected chi connectivity index (χ1v) is 19.3. The Morgan fingerprint density at radius 1 is 1.02 bits per heavy atom. The lowest BCUT2D eigenvalue weighted by molar-refractivity contribution is -0.250. The summed E-state index contributed by atoms with van der Waals surface area (Å²) in [7, 11) is 1.63. The lowest BCUT2D eigenvalue weighted by atomic mass is 9.41. The van der Waals surface area contributed by atoms with Gasteiger partial charge in [0.15, 0.2) is 6.29 Å². The fraction of sp³-hybridized carbons (Fsp3) is 0.974. The predicted molar refractivity (Wildman–Crippen MR) is 181 cm³/mol. The van der Waals surface area contributed by atoms with E-state index in [0.29, 0.717) is 54.8 Å². The van der Waals surface area contributed by atoms with Gasteiger partial charge in [-0.25, -0.2) is 0 Å². The Morgan fingerprint density at radius 2 is 1.73 bits per heavy atom. The second-order valence-electron chi connectivity index (χ2n) is 19.1. The Balaban J connectivity index is 1.06. The summed E-state index contributed by atoms with van der Waals surface area (Å²) in [6.45, 7) is 17.8. The first-order valence-electron chi connectivity index (χ1n) is 19.3. The fourth-order valence-electron chi connectivity index (χ4n) is 13.9. The second-order valence-corrected chi connectivity index (χ2v) is 19.1. The van der Waals surface area contributed by atoms with Crippen LogP contribution in [0.2, 0.25) is 0 Å². The number of methoxy groups -OCH3 is 1. The van der Waals surface area contributed by atoms with Crippen LogP contribution in [0.15, 0.2) is 0 Å². The molecule has 0 aromatic carbocycles. The van der Waals surface area contributed by atoms with Crippen LogP contribution >= 0.6 is 0 Å². The Morgan fingerprint density at radius 3 is 2.40 bits per heavy atom. The van der Waals surface area contributed by atoms with E-state index in [4.69, 9.17) is 18.9 Å². The quantitative estimate of drug-likeness (QED) is 0.293. The minimum Gasteiger partial charge on any atom is -0.464 e. The summed E-state index contributed by atoms with van der Waals surface area (Å²) >= 11 is 0. The number of nitrogens with zero attached hydrogens (tertiary/aromatic N) is 1. The van der Waals surface area contributed by atoms with Crippen molar-refractivity contribution in [3.63, 3.8) is 0 Å². The number of rotatable bonds is 9. The molecule has 2 heterocycles. The average molecular weight is 676 g/mol. The minimum atomic E-state index is -1.24. The van der Waals surface area contributed by atoms with Crippen molar-refractivity contribution in [2.75, 3.05) is 33.4 Å². The molecule has 0 amide bonds. The molecule has 0 bridgehead atoms. The van der Waals surface area contributed by atoms with E-state index in [1.54, 1.807) is 21.0 Å². The zero-order chi connectivity index (χ0) is 34.7. The molecule has 7 rings (SSSR count). The standard InChI is InChI=1S/C39H65NO8/c1-23(19-26(45-8)32(42)35(4,5)44)24-20-29(41)37(7)28-10-9-27-34(2,3)30(11-13-38(27)22-39(28,38)15-14-36(24,37)6)48-31-21-40(16-18-46-31)25-12-17-47-33(25)43/h23-32,41-42,44H,9-22H2,1-8H3/t23-,24?,25-,26?,27+,28?,29+,30?,31?,32?,36?,37-,38?,39?/m1/s1. The number of cyclic esters (lactones) is 1. The van der Waals surface area contributed by atoms with Gasteiger partial charge in [-0.1, -0.05) is 34.6 Å². The molecule has 274 valence electrons.